The van der Waals surface area contributed by atoms with Crippen molar-refractivity contribution in [3.8, 4) is 11.8 Å². The second-order valence-electron chi connectivity index (χ2n) is 4.39. The average molecular weight is 375 g/mol. The number of allylic oxidation sites excluding steroid dienone is 1. The van der Waals surface area contributed by atoms with Crippen LogP contribution in [0.5, 0.6) is 5.75 Å². The molecule has 0 radical (unpaired) electrons. The zero-order valence-electron chi connectivity index (χ0n) is 10.4. The molecule has 0 amide bonds. The van der Waals surface area contributed by atoms with Crippen LogP contribution in [0.3, 0.4) is 0 Å². The smallest absolute Gasteiger partial charge is 0.205 e. The van der Waals surface area contributed by atoms with Crippen LogP contribution in [0, 0.1) is 14.9 Å². The van der Waals surface area contributed by atoms with Crippen molar-refractivity contribution in [1.29, 1.82) is 5.26 Å². The third kappa shape index (κ3) is 2.12. The number of hydrogen-bond donors (Lipinski definition) is 1. The minimum atomic E-state index is -0.207. The van der Waals surface area contributed by atoms with Crippen LogP contribution in [0.25, 0.3) is 0 Å². The number of halogens is 1. The van der Waals surface area contributed by atoms with Gasteiger partial charge in [-0.1, -0.05) is 12.1 Å². The summed E-state index contributed by atoms with van der Waals surface area (Å²) >= 11 is 2.25. The number of benzene rings is 1. The van der Waals surface area contributed by atoms with Gasteiger partial charge in [-0.15, -0.1) is 0 Å². The van der Waals surface area contributed by atoms with E-state index >= 15 is 0 Å². The van der Waals surface area contributed by atoms with E-state index in [1.165, 1.54) is 0 Å². The summed E-state index contributed by atoms with van der Waals surface area (Å²) in [5.74, 6) is 0.547. The van der Waals surface area contributed by atoms with Crippen molar-refractivity contribution in [2.24, 2.45) is 5.73 Å². The van der Waals surface area contributed by atoms with Crippen LogP contribution in [-0.4, -0.2) is 4.98 Å². The number of rotatable bonds is 1. The Labute approximate surface area is 130 Å². The summed E-state index contributed by atoms with van der Waals surface area (Å²) in [5.41, 5.74) is 8.24. The molecule has 2 aromatic rings. The molecule has 2 N–H and O–H groups in total. The van der Waals surface area contributed by atoms with Crippen molar-refractivity contribution in [2.75, 3.05) is 0 Å². The Morgan fingerprint density at radius 2 is 2.20 bits per heavy atom. The van der Waals surface area contributed by atoms with Crippen molar-refractivity contribution >= 4 is 22.6 Å². The number of nitrogens with two attached hydrogens (primary N) is 1. The third-order valence-electron chi connectivity index (χ3n) is 3.20. The molecule has 0 bridgehead atoms. The van der Waals surface area contributed by atoms with E-state index in [1.54, 1.807) is 12.4 Å². The predicted octanol–water partition coefficient (Wildman–Crippen LogP) is 2.90. The minimum Gasteiger partial charge on any atom is -0.439 e. The highest BCUT2D eigenvalue weighted by Crippen LogP contribution is 2.41. The highest BCUT2D eigenvalue weighted by molar-refractivity contribution is 14.1. The first-order chi connectivity index (χ1) is 9.70. The molecule has 0 unspecified atom stereocenters. The molecule has 0 saturated carbocycles. The summed E-state index contributed by atoms with van der Waals surface area (Å²) in [6.07, 6.45) is 3.32. The highest BCUT2D eigenvalue weighted by Gasteiger charge is 2.30. The highest BCUT2D eigenvalue weighted by atomic mass is 127. The van der Waals surface area contributed by atoms with Gasteiger partial charge in [-0.25, -0.2) is 0 Å². The fourth-order valence-corrected chi connectivity index (χ4v) is 2.90. The second-order valence-corrected chi connectivity index (χ2v) is 5.64. The van der Waals surface area contributed by atoms with Crippen LogP contribution in [0.15, 0.2) is 54.2 Å². The quantitative estimate of drug-likeness (QED) is 0.779. The molecule has 1 aliphatic rings. The fraction of sp³-hybridized carbons (Fsp3) is 0.0667. The van der Waals surface area contributed by atoms with Gasteiger partial charge in [-0.05, 0) is 46.4 Å². The van der Waals surface area contributed by atoms with Gasteiger partial charge in [0.25, 0.3) is 0 Å². The summed E-state index contributed by atoms with van der Waals surface area (Å²) in [7, 11) is 0. The molecule has 0 aliphatic carbocycles. The van der Waals surface area contributed by atoms with Crippen LogP contribution < -0.4 is 10.5 Å². The van der Waals surface area contributed by atoms with Crippen LogP contribution in [-0.2, 0) is 0 Å². The molecule has 98 valence electrons. The molecule has 0 spiro atoms. The molecule has 1 aromatic carbocycles. The maximum Gasteiger partial charge on any atom is 0.205 e. The Bertz CT molecular complexity index is 749. The van der Waals surface area contributed by atoms with Crippen LogP contribution >= 0.6 is 22.6 Å². The monoisotopic (exact) mass is 375 g/mol. The Kier molecular flexibility index (Phi) is 3.32. The Balaban J connectivity index is 2.23. The topological polar surface area (TPSA) is 71.9 Å². The van der Waals surface area contributed by atoms with Gasteiger partial charge in [0, 0.05) is 15.3 Å². The van der Waals surface area contributed by atoms with E-state index in [0.29, 0.717) is 11.3 Å². The largest absolute Gasteiger partial charge is 0.439 e. The van der Waals surface area contributed by atoms with Gasteiger partial charge in [-0.2, -0.15) is 5.26 Å². The van der Waals surface area contributed by atoms with Crippen LogP contribution in [0.1, 0.15) is 17.0 Å². The normalized spacial score (nSPS) is 17.1. The van der Waals surface area contributed by atoms with E-state index in [4.69, 9.17) is 10.5 Å². The molecule has 0 saturated heterocycles. The van der Waals surface area contributed by atoms with Gasteiger partial charge >= 0.3 is 0 Å². The van der Waals surface area contributed by atoms with E-state index in [0.717, 1.165) is 14.7 Å². The first-order valence-corrected chi connectivity index (χ1v) is 7.05. The molecule has 1 atom stereocenters. The summed E-state index contributed by atoms with van der Waals surface area (Å²) in [6.45, 7) is 0. The molecule has 5 heteroatoms. The number of nitrogens with zero attached hydrogens (tertiary/aromatic N) is 2. The number of ether oxygens (including phenoxy) is 1. The van der Waals surface area contributed by atoms with Crippen molar-refractivity contribution in [3.63, 3.8) is 0 Å². The number of pyridine rings is 1. The van der Waals surface area contributed by atoms with Crippen molar-refractivity contribution in [1.82, 2.24) is 4.98 Å². The van der Waals surface area contributed by atoms with Crippen LogP contribution in [0.4, 0.5) is 0 Å². The molecular formula is C15H10IN3O. The van der Waals surface area contributed by atoms with E-state index in [1.807, 2.05) is 30.3 Å². The van der Waals surface area contributed by atoms with E-state index in [2.05, 4.69) is 33.6 Å². The summed E-state index contributed by atoms with van der Waals surface area (Å²) in [4.78, 5) is 4.04. The van der Waals surface area contributed by atoms with Crippen LogP contribution in [0.2, 0.25) is 0 Å². The SMILES string of the molecule is N#CC1=C(N)Oc2cnccc2[C@@H]1c1cccc(I)c1. The lowest BCUT2D eigenvalue weighted by Crippen LogP contribution is -2.21. The summed E-state index contributed by atoms with van der Waals surface area (Å²) in [6, 6.07) is 12.1. The Hall–Kier alpha value is -2.07. The number of nitriles is 1. The summed E-state index contributed by atoms with van der Waals surface area (Å²) in [5, 5.41) is 9.40. The van der Waals surface area contributed by atoms with E-state index in [9.17, 15) is 5.26 Å². The number of hydrogen-bond acceptors (Lipinski definition) is 4. The minimum absolute atomic E-state index is 0.150. The first kappa shape index (κ1) is 12.9. The lowest BCUT2D eigenvalue weighted by molar-refractivity contribution is 0.392. The third-order valence-corrected chi connectivity index (χ3v) is 3.87. The van der Waals surface area contributed by atoms with Gasteiger partial charge in [0.2, 0.25) is 5.88 Å². The molecule has 20 heavy (non-hydrogen) atoms. The first-order valence-electron chi connectivity index (χ1n) is 5.97. The fourth-order valence-electron chi connectivity index (χ4n) is 2.34. The standard InChI is InChI=1S/C15H10IN3O/c16-10-3-1-2-9(6-10)14-11-4-5-19-8-13(11)20-15(18)12(14)7-17/h1-6,8,14H,18H2/t14-/m0/s1. The van der Waals surface area contributed by atoms with Gasteiger partial charge in [-0.3, -0.25) is 4.98 Å². The number of aromatic nitrogens is 1. The molecule has 0 fully saturated rings. The van der Waals surface area contributed by atoms with E-state index in [-0.39, 0.29) is 11.8 Å². The Morgan fingerprint density at radius 1 is 1.35 bits per heavy atom. The zero-order valence-corrected chi connectivity index (χ0v) is 12.5. The number of fused-ring (bicyclic) bond motifs is 1. The van der Waals surface area contributed by atoms with Crippen molar-refractivity contribution in [3.05, 3.63) is 68.9 Å². The zero-order chi connectivity index (χ0) is 14.1. The van der Waals surface area contributed by atoms with Gasteiger partial charge in [0.05, 0.1) is 12.1 Å². The molecule has 1 aliphatic heterocycles. The molecule has 3 rings (SSSR count). The van der Waals surface area contributed by atoms with E-state index < -0.39 is 0 Å². The Morgan fingerprint density at radius 3 is 2.95 bits per heavy atom. The molecular weight excluding hydrogens is 365 g/mol. The van der Waals surface area contributed by atoms with Gasteiger partial charge < -0.3 is 10.5 Å². The average Bonchev–Trinajstić information content (AvgIpc) is 2.45. The second kappa shape index (κ2) is 5.13. The molecule has 1 aromatic heterocycles. The predicted molar refractivity (Wildman–Crippen MR) is 82.7 cm³/mol. The van der Waals surface area contributed by atoms with Gasteiger partial charge in [0.1, 0.15) is 11.6 Å². The molecule has 4 nitrogen and oxygen atoms in total. The van der Waals surface area contributed by atoms with Crippen molar-refractivity contribution < 1.29 is 4.74 Å². The summed E-state index contributed by atoms with van der Waals surface area (Å²) < 4.78 is 6.60. The lowest BCUT2D eigenvalue weighted by atomic mass is 9.84. The van der Waals surface area contributed by atoms with Gasteiger partial charge in [0.15, 0.2) is 5.75 Å². The lowest BCUT2D eigenvalue weighted by Gasteiger charge is -2.26. The molecule has 2 heterocycles. The maximum absolute atomic E-state index is 9.40. The maximum atomic E-state index is 9.40. The van der Waals surface area contributed by atoms with Crippen molar-refractivity contribution in [2.45, 2.75) is 5.92 Å².